The number of nitrogens with one attached hydrogen (secondary N) is 1. The first-order chi connectivity index (χ1) is 10.1. The molecule has 2 aromatic heterocycles. The van der Waals surface area contributed by atoms with Crippen LogP contribution in [-0.2, 0) is 7.05 Å². The van der Waals surface area contributed by atoms with Crippen molar-refractivity contribution in [1.82, 2.24) is 19.7 Å². The van der Waals surface area contributed by atoms with E-state index in [0.29, 0.717) is 11.7 Å². The van der Waals surface area contributed by atoms with Gasteiger partial charge in [0.25, 0.3) is 0 Å². The standard InChI is InChI=1S/C15H19N5O/c1-11-4-3-5-14(17-11)18-15(21)20-7-6-12(10-20)13-8-16-19(2)9-13/h3-5,8-9,12H,6-7,10H2,1-2H3,(H,17,18,21)/t12-/m0/s1. The third-order valence-corrected chi connectivity index (χ3v) is 3.80. The normalized spacial score (nSPS) is 18.0. The summed E-state index contributed by atoms with van der Waals surface area (Å²) in [6.07, 6.45) is 4.88. The second kappa shape index (κ2) is 5.55. The van der Waals surface area contributed by atoms with Crippen LogP contribution in [0.5, 0.6) is 0 Å². The van der Waals surface area contributed by atoms with Gasteiger partial charge in [-0.1, -0.05) is 6.07 Å². The molecule has 1 aliphatic rings. The monoisotopic (exact) mass is 285 g/mol. The SMILES string of the molecule is Cc1cccc(NC(=O)N2CC[C@H](c3cnn(C)c3)C2)n1. The van der Waals surface area contributed by atoms with Gasteiger partial charge in [-0.3, -0.25) is 10.00 Å². The summed E-state index contributed by atoms with van der Waals surface area (Å²) < 4.78 is 1.80. The second-order valence-electron chi connectivity index (χ2n) is 5.47. The van der Waals surface area contributed by atoms with E-state index in [1.807, 2.05) is 43.4 Å². The summed E-state index contributed by atoms with van der Waals surface area (Å²) in [6.45, 7) is 3.39. The van der Waals surface area contributed by atoms with Crippen molar-refractivity contribution in [3.63, 3.8) is 0 Å². The van der Waals surface area contributed by atoms with Crippen LogP contribution in [0.15, 0.2) is 30.6 Å². The lowest BCUT2D eigenvalue weighted by atomic mass is 10.0. The lowest BCUT2D eigenvalue weighted by Crippen LogP contribution is -2.33. The Morgan fingerprint density at radius 1 is 1.43 bits per heavy atom. The Morgan fingerprint density at radius 2 is 2.29 bits per heavy atom. The van der Waals surface area contributed by atoms with E-state index < -0.39 is 0 Å². The second-order valence-corrected chi connectivity index (χ2v) is 5.47. The highest BCUT2D eigenvalue weighted by Crippen LogP contribution is 2.27. The number of amides is 2. The average molecular weight is 285 g/mol. The highest BCUT2D eigenvalue weighted by molar-refractivity contribution is 5.88. The number of hydrogen-bond donors (Lipinski definition) is 1. The number of aryl methyl sites for hydroxylation is 2. The van der Waals surface area contributed by atoms with Crippen molar-refractivity contribution >= 4 is 11.8 Å². The molecule has 0 radical (unpaired) electrons. The summed E-state index contributed by atoms with van der Waals surface area (Å²) in [7, 11) is 1.91. The number of likely N-dealkylation sites (tertiary alicyclic amines) is 1. The fourth-order valence-corrected chi connectivity index (χ4v) is 2.67. The van der Waals surface area contributed by atoms with Crippen LogP contribution in [0.1, 0.15) is 23.6 Å². The van der Waals surface area contributed by atoms with Gasteiger partial charge in [0.05, 0.1) is 6.20 Å². The molecule has 0 aromatic carbocycles. The molecule has 1 aliphatic heterocycles. The molecular formula is C15H19N5O. The Hall–Kier alpha value is -2.37. The van der Waals surface area contributed by atoms with Crippen molar-refractivity contribution in [2.24, 2.45) is 7.05 Å². The van der Waals surface area contributed by atoms with Crippen LogP contribution in [0, 0.1) is 6.92 Å². The molecule has 21 heavy (non-hydrogen) atoms. The summed E-state index contributed by atoms with van der Waals surface area (Å²) >= 11 is 0. The number of carbonyl (C=O) groups is 1. The molecule has 2 amide bonds. The molecule has 0 aliphatic carbocycles. The van der Waals surface area contributed by atoms with Crippen molar-refractivity contribution < 1.29 is 4.79 Å². The van der Waals surface area contributed by atoms with Gasteiger partial charge in [0.2, 0.25) is 0 Å². The van der Waals surface area contributed by atoms with Crippen LogP contribution in [0.2, 0.25) is 0 Å². The van der Waals surface area contributed by atoms with Crippen LogP contribution >= 0.6 is 0 Å². The van der Waals surface area contributed by atoms with E-state index in [1.54, 1.807) is 10.7 Å². The Labute approximate surface area is 123 Å². The van der Waals surface area contributed by atoms with Crippen LogP contribution in [0.3, 0.4) is 0 Å². The fourth-order valence-electron chi connectivity index (χ4n) is 2.67. The molecule has 6 nitrogen and oxygen atoms in total. The number of nitrogens with zero attached hydrogens (tertiary/aromatic N) is 4. The number of carbonyl (C=O) groups excluding carboxylic acids is 1. The summed E-state index contributed by atoms with van der Waals surface area (Å²) in [5.41, 5.74) is 2.09. The maximum atomic E-state index is 12.3. The van der Waals surface area contributed by atoms with Gasteiger partial charge in [0, 0.05) is 37.9 Å². The summed E-state index contributed by atoms with van der Waals surface area (Å²) in [4.78, 5) is 18.4. The molecule has 0 saturated carbocycles. The molecule has 2 aromatic rings. The zero-order valence-electron chi connectivity index (χ0n) is 12.3. The van der Waals surface area contributed by atoms with E-state index in [-0.39, 0.29) is 6.03 Å². The number of urea groups is 1. The third kappa shape index (κ3) is 3.04. The molecule has 0 bridgehead atoms. The quantitative estimate of drug-likeness (QED) is 0.919. The lowest BCUT2D eigenvalue weighted by molar-refractivity contribution is 0.222. The molecule has 110 valence electrons. The maximum Gasteiger partial charge on any atom is 0.323 e. The first kappa shape index (κ1) is 13.6. The molecule has 6 heteroatoms. The lowest BCUT2D eigenvalue weighted by Gasteiger charge is -2.17. The highest BCUT2D eigenvalue weighted by Gasteiger charge is 2.28. The van der Waals surface area contributed by atoms with E-state index in [1.165, 1.54) is 5.56 Å². The first-order valence-electron chi connectivity index (χ1n) is 7.10. The Kier molecular flexibility index (Phi) is 3.60. The molecule has 0 spiro atoms. The predicted octanol–water partition coefficient (Wildman–Crippen LogP) is 2.14. The predicted molar refractivity (Wildman–Crippen MR) is 80.1 cm³/mol. The molecular weight excluding hydrogens is 266 g/mol. The van der Waals surface area contributed by atoms with E-state index in [2.05, 4.69) is 15.4 Å². The van der Waals surface area contributed by atoms with Crippen LogP contribution in [-0.4, -0.2) is 38.8 Å². The van der Waals surface area contributed by atoms with Crippen molar-refractivity contribution in [3.05, 3.63) is 41.9 Å². The summed E-state index contributed by atoms with van der Waals surface area (Å²) in [6, 6.07) is 5.52. The number of anilines is 1. The number of pyridine rings is 1. The minimum absolute atomic E-state index is 0.0838. The van der Waals surface area contributed by atoms with Gasteiger partial charge in [-0.25, -0.2) is 9.78 Å². The largest absolute Gasteiger partial charge is 0.324 e. The number of hydrogen-bond acceptors (Lipinski definition) is 3. The van der Waals surface area contributed by atoms with Crippen molar-refractivity contribution in [2.45, 2.75) is 19.3 Å². The summed E-state index contributed by atoms with van der Waals surface area (Å²) in [5, 5.41) is 7.05. The molecule has 1 N–H and O–H groups in total. The van der Waals surface area contributed by atoms with Crippen molar-refractivity contribution in [2.75, 3.05) is 18.4 Å². The van der Waals surface area contributed by atoms with Gasteiger partial charge in [-0.15, -0.1) is 0 Å². The van der Waals surface area contributed by atoms with Crippen LogP contribution in [0.4, 0.5) is 10.6 Å². The van der Waals surface area contributed by atoms with Gasteiger partial charge < -0.3 is 4.90 Å². The minimum Gasteiger partial charge on any atom is -0.324 e. The molecule has 1 fully saturated rings. The maximum absolute atomic E-state index is 12.3. The van der Waals surface area contributed by atoms with Crippen LogP contribution < -0.4 is 5.32 Å². The van der Waals surface area contributed by atoms with E-state index in [0.717, 1.165) is 25.2 Å². The van der Waals surface area contributed by atoms with E-state index >= 15 is 0 Å². The van der Waals surface area contributed by atoms with Gasteiger partial charge in [-0.05, 0) is 31.0 Å². The minimum atomic E-state index is -0.0838. The highest BCUT2D eigenvalue weighted by atomic mass is 16.2. The van der Waals surface area contributed by atoms with Crippen molar-refractivity contribution in [1.29, 1.82) is 0 Å². The number of aromatic nitrogens is 3. The third-order valence-electron chi connectivity index (χ3n) is 3.80. The zero-order chi connectivity index (χ0) is 14.8. The average Bonchev–Trinajstić information content (AvgIpc) is 3.07. The smallest absolute Gasteiger partial charge is 0.323 e. The molecule has 3 rings (SSSR count). The molecule has 1 saturated heterocycles. The Morgan fingerprint density at radius 3 is 3.00 bits per heavy atom. The van der Waals surface area contributed by atoms with Gasteiger partial charge in [0.15, 0.2) is 0 Å². The van der Waals surface area contributed by atoms with E-state index in [4.69, 9.17) is 0 Å². The summed E-state index contributed by atoms with van der Waals surface area (Å²) in [5.74, 6) is 0.972. The van der Waals surface area contributed by atoms with Crippen LogP contribution in [0.25, 0.3) is 0 Å². The van der Waals surface area contributed by atoms with Gasteiger partial charge in [-0.2, -0.15) is 5.10 Å². The topological polar surface area (TPSA) is 63.1 Å². The zero-order valence-corrected chi connectivity index (χ0v) is 12.3. The Balaban J connectivity index is 1.62. The number of rotatable bonds is 2. The molecule has 1 atom stereocenters. The first-order valence-corrected chi connectivity index (χ1v) is 7.10. The Bertz CT molecular complexity index is 651. The van der Waals surface area contributed by atoms with E-state index in [9.17, 15) is 4.79 Å². The van der Waals surface area contributed by atoms with Crippen molar-refractivity contribution in [3.8, 4) is 0 Å². The van der Waals surface area contributed by atoms with Gasteiger partial charge >= 0.3 is 6.03 Å². The van der Waals surface area contributed by atoms with Gasteiger partial charge in [0.1, 0.15) is 5.82 Å². The molecule has 0 unspecified atom stereocenters. The fraction of sp³-hybridized carbons (Fsp3) is 0.400. The molecule has 3 heterocycles.